The summed E-state index contributed by atoms with van der Waals surface area (Å²) in [7, 11) is 0. The minimum Gasteiger partial charge on any atom is -0.372 e. The quantitative estimate of drug-likeness (QED) is 0.446. The van der Waals surface area contributed by atoms with Gasteiger partial charge in [-0.1, -0.05) is 31.2 Å². The second kappa shape index (κ2) is 12.9. The molecule has 4 heterocycles. The monoisotopic (exact) mass is 539 g/mol. The number of fused-ring (bicyclic) bond motifs is 1. The average Bonchev–Trinajstić information content (AvgIpc) is 2.83. The largest absolute Gasteiger partial charge is 0.372 e. The van der Waals surface area contributed by atoms with E-state index in [1.807, 2.05) is 6.20 Å². The van der Waals surface area contributed by atoms with Gasteiger partial charge in [0.25, 0.3) is 0 Å². The Hall–Kier alpha value is -1.83. The third kappa shape index (κ3) is 6.49. The van der Waals surface area contributed by atoms with Crippen molar-refractivity contribution < 1.29 is 4.74 Å². The van der Waals surface area contributed by atoms with E-state index in [4.69, 9.17) is 14.7 Å². The highest BCUT2D eigenvalue weighted by molar-refractivity contribution is 5.95. The summed E-state index contributed by atoms with van der Waals surface area (Å²) in [6.45, 7) is 13.5. The Morgan fingerprint density at radius 2 is 1.57 bits per heavy atom. The van der Waals surface area contributed by atoms with Gasteiger partial charge in [0.05, 0.1) is 17.9 Å². The molecular formula is C26H36Cl3N5O. The third-order valence-electron chi connectivity index (χ3n) is 6.63. The zero-order valence-electron chi connectivity index (χ0n) is 20.6. The number of hydrogen-bond donors (Lipinski definition) is 0. The van der Waals surface area contributed by atoms with Gasteiger partial charge in [0.15, 0.2) is 0 Å². The van der Waals surface area contributed by atoms with Crippen molar-refractivity contribution in [2.45, 2.75) is 33.0 Å². The number of likely N-dealkylation sites (N-methyl/N-ethyl adjacent to an activating group) is 1. The highest BCUT2D eigenvalue weighted by Crippen LogP contribution is 2.31. The van der Waals surface area contributed by atoms with Gasteiger partial charge in [0.2, 0.25) is 0 Å². The summed E-state index contributed by atoms with van der Waals surface area (Å²) in [5.41, 5.74) is 2.04. The molecular weight excluding hydrogens is 505 g/mol. The van der Waals surface area contributed by atoms with Crippen molar-refractivity contribution in [3.8, 4) is 11.3 Å². The van der Waals surface area contributed by atoms with Crippen LogP contribution in [0.2, 0.25) is 0 Å². The molecule has 9 heteroatoms. The Labute approximate surface area is 227 Å². The van der Waals surface area contributed by atoms with Crippen molar-refractivity contribution in [1.29, 1.82) is 0 Å². The lowest BCUT2D eigenvalue weighted by molar-refractivity contribution is -0.00545. The van der Waals surface area contributed by atoms with E-state index in [9.17, 15) is 0 Å². The molecule has 35 heavy (non-hydrogen) atoms. The second-order valence-electron chi connectivity index (χ2n) is 9.04. The van der Waals surface area contributed by atoms with E-state index in [0.717, 1.165) is 68.7 Å². The molecule has 2 unspecified atom stereocenters. The molecule has 0 aliphatic carbocycles. The number of anilines is 2. The van der Waals surface area contributed by atoms with Crippen molar-refractivity contribution in [2.75, 3.05) is 55.6 Å². The van der Waals surface area contributed by atoms with E-state index < -0.39 is 0 Å². The first kappa shape index (κ1) is 29.4. The number of hydrogen-bond acceptors (Lipinski definition) is 6. The van der Waals surface area contributed by atoms with Gasteiger partial charge >= 0.3 is 0 Å². The average molecular weight is 541 g/mol. The molecule has 2 aromatic heterocycles. The fraction of sp³-hybridized carbons (Fsp3) is 0.462. The fourth-order valence-corrected chi connectivity index (χ4v) is 4.93. The molecule has 2 fully saturated rings. The topological polar surface area (TPSA) is 44.7 Å². The van der Waals surface area contributed by atoms with E-state index >= 15 is 0 Å². The van der Waals surface area contributed by atoms with Gasteiger partial charge < -0.3 is 19.4 Å². The SMILES string of the molecule is CCN1CCN(c2nc(-c3ccc(N4CC(C)OC(C)C4)nc3)cc3ccccc23)CC1.Cl.Cl.Cl. The van der Waals surface area contributed by atoms with Gasteiger partial charge in [0, 0.05) is 56.4 Å². The van der Waals surface area contributed by atoms with Crippen molar-refractivity contribution in [1.82, 2.24) is 14.9 Å². The number of aromatic nitrogens is 2. The third-order valence-corrected chi connectivity index (χ3v) is 6.63. The van der Waals surface area contributed by atoms with Crippen LogP contribution in [0.5, 0.6) is 0 Å². The van der Waals surface area contributed by atoms with E-state index in [2.05, 4.69) is 77.9 Å². The number of benzene rings is 1. The van der Waals surface area contributed by atoms with Crippen LogP contribution < -0.4 is 9.80 Å². The predicted octanol–water partition coefficient (Wildman–Crippen LogP) is 5.32. The standard InChI is InChI=1S/C26H33N5O.3ClH/c1-4-29-11-13-30(14-12-29)26-23-8-6-5-7-21(23)15-24(28-26)22-9-10-25(27-16-22)31-17-19(2)32-20(3)18-31;;;/h5-10,15-16,19-20H,4,11-14,17-18H2,1-3H3;3*1H. The van der Waals surface area contributed by atoms with Crippen molar-refractivity contribution >= 4 is 59.6 Å². The highest BCUT2D eigenvalue weighted by atomic mass is 35.5. The number of rotatable bonds is 4. The summed E-state index contributed by atoms with van der Waals surface area (Å²) in [4.78, 5) is 17.2. The van der Waals surface area contributed by atoms with Crippen LogP contribution in [0.3, 0.4) is 0 Å². The van der Waals surface area contributed by atoms with Gasteiger partial charge in [-0.05, 0) is 44.0 Å². The second-order valence-corrected chi connectivity index (χ2v) is 9.04. The number of nitrogens with zero attached hydrogens (tertiary/aromatic N) is 5. The van der Waals surface area contributed by atoms with Crippen LogP contribution in [0.25, 0.3) is 22.0 Å². The maximum atomic E-state index is 5.87. The highest BCUT2D eigenvalue weighted by Gasteiger charge is 2.23. The summed E-state index contributed by atoms with van der Waals surface area (Å²) in [6.07, 6.45) is 2.41. The number of piperazine rings is 1. The molecule has 5 rings (SSSR count). The number of pyridine rings is 2. The van der Waals surface area contributed by atoms with Crippen LogP contribution in [0.15, 0.2) is 48.7 Å². The van der Waals surface area contributed by atoms with Crippen molar-refractivity contribution in [3.05, 3.63) is 48.7 Å². The molecule has 2 atom stereocenters. The summed E-state index contributed by atoms with van der Waals surface area (Å²) >= 11 is 0. The Morgan fingerprint density at radius 3 is 2.20 bits per heavy atom. The van der Waals surface area contributed by atoms with Crippen molar-refractivity contribution in [2.24, 2.45) is 0 Å². The smallest absolute Gasteiger partial charge is 0.137 e. The predicted molar refractivity (Wildman–Crippen MR) is 153 cm³/mol. The molecule has 6 nitrogen and oxygen atoms in total. The minimum atomic E-state index is 0. The normalized spacial score (nSPS) is 20.5. The molecule has 192 valence electrons. The Morgan fingerprint density at radius 1 is 0.886 bits per heavy atom. The molecule has 0 radical (unpaired) electrons. The minimum absolute atomic E-state index is 0. The Kier molecular flexibility index (Phi) is 10.9. The van der Waals surface area contributed by atoms with E-state index in [-0.39, 0.29) is 49.4 Å². The molecule has 0 saturated carbocycles. The molecule has 0 spiro atoms. The molecule has 0 bridgehead atoms. The van der Waals surface area contributed by atoms with Gasteiger partial charge in [0.1, 0.15) is 11.6 Å². The van der Waals surface area contributed by atoms with Crippen LogP contribution in [0.1, 0.15) is 20.8 Å². The maximum Gasteiger partial charge on any atom is 0.137 e. The molecule has 3 aromatic rings. The number of halogens is 3. The molecule has 0 amide bonds. The zero-order valence-corrected chi connectivity index (χ0v) is 23.0. The molecule has 2 aliphatic rings. The van der Waals surface area contributed by atoms with Crippen LogP contribution in [0.4, 0.5) is 11.6 Å². The number of morpholine rings is 1. The van der Waals surface area contributed by atoms with Crippen LogP contribution in [-0.4, -0.2) is 72.9 Å². The van der Waals surface area contributed by atoms with Gasteiger partial charge in [-0.3, -0.25) is 0 Å². The Bertz CT molecular complexity index is 1070. The van der Waals surface area contributed by atoms with Crippen LogP contribution in [-0.2, 0) is 4.74 Å². The lowest BCUT2D eigenvalue weighted by Crippen LogP contribution is -2.46. The van der Waals surface area contributed by atoms with Crippen LogP contribution >= 0.6 is 37.2 Å². The lowest BCUT2D eigenvalue weighted by Gasteiger charge is -2.36. The van der Waals surface area contributed by atoms with Crippen LogP contribution in [0, 0.1) is 0 Å². The van der Waals surface area contributed by atoms with E-state index in [0.29, 0.717) is 0 Å². The Balaban J connectivity index is 0.00000144. The molecule has 0 N–H and O–H groups in total. The van der Waals surface area contributed by atoms with Gasteiger partial charge in [-0.15, -0.1) is 37.2 Å². The molecule has 2 saturated heterocycles. The summed E-state index contributed by atoms with van der Waals surface area (Å²) in [5.74, 6) is 2.10. The first-order valence-electron chi connectivity index (χ1n) is 11.8. The number of ether oxygens (including phenoxy) is 1. The van der Waals surface area contributed by atoms with Crippen molar-refractivity contribution in [3.63, 3.8) is 0 Å². The lowest BCUT2D eigenvalue weighted by atomic mass is 10.1. The first-order chi connectivity index (χ1) is 15.6. The van der Waals surface area contributed by atoms with E-state index in [1.54, 1.807) is 0 Å². The summed E-state index contributed by atoms with van der Waals surface area (Å²) in [5, 5.41) is 2.45. The fourth-order valence-electron chi connectivity index (χ4n) is 4.93. The maximum absolute atomic E-state index is 5.87. The molecule has 1 aromatic carbocycles. The summed E-state index contributed by atoms with van der Waals surface area (Å²) in [6, 6.07) is 15.1. The zero-order chi connectivity index (χ0) is 22.1. The van der Waals surface area contributed by atoms with Gasteiger partial charge in [-0.2, -0.15) is 0 Å². The molecule has 2 aliphatic heterocycles. The van der Waals surface area contributed by atoms with Gasteiger partial charge in [-0.25, -0.2) is 9.97 Å². The summed E-state index contributed by atoms with van der Waals surface area (Å²) < 4.78 is 5.87. The van der Waals surface area contributed by atoms with E-state index in [1.165, 1.54) is 10.8 Å². The first-order valence-corrected chi connectivity index (χ1v) is 11.8.